The van der Waals surface area contributed by atoms with Gasteiger partial charge in [-0.15, -0.1) is 0 Å². The molecule has 0 aromatic heterocycles. The zero-order valence-electron chi connectivity index (χ0n) is 5.87. The Balaban J connectivity index is 3.37. The first-order valence-corrected chi connectivity index (χ1v) is 4.56. The first kappa shape index (κ1) is 10.2. The van der Waals surface area contributed by atoms with Crippen LogP contribution in [0, 0.1) is 5.41 Å². The molecule has 0 rings (SSSR count). The molecule has 11 heavy (non-hydrogen) atoms. The second-order valence-electron chi connectivity index (χ2n) is 1.98. The predicted octanol–water partition coefficient (Wildman–Crippen LogP) is -1.25. The predicted molar refractivity (Wildman–Crippen MR) is 40.9 cm³/mol. The molecule has 0 aromatic rings. The summed E-state index contributed by atoms with van der Waals surface area (Å²) < 4.78 is 28.5. The van der Waals surface area contributed by atoms with E-state index in [2.05, 4.69) is 5.32 Å². The molecule has 0 aromatic carbocycles. The summed E-state index contributed by atoms with van der Waals surface area (Å²) in [6, 6.07) is 0. The normalized spacial score (nSPS) is 11.0. The molecule has 0 heterocycles. The maximum absolute atomic E-state index is 10.1. The van der Waals surface area contributed by atoms with E-state index in [0.29, 0.717) is 0 Å². The molecule has 0 spiro atoms. The van der Waals surface area contributed by atoms with E-state index in [4.69, 9.17) is 15.7 Å². The maximum Gasteiger partial charge on any atom is 0.264 e. The molecular formula is C4H11N3O3S. The van der Waals surface area contributed by atoms with Crippen molar-refractivity contribution in [2.45, 2.75) is 6.42 Å². The Bertz CT molecular complexity index is 223. The summed E-state index contributed by atoms with van der Waals surface area (Å²) in [7, 11) is -3.87. The molecule has 0 amide bonds. The van der Waals surface area contributed by atoms with Crippen molar-refractivity contribution in [1.29, 1.82) is 5.41 Å². The van der Waals surface area contributed by atoms with Crippen LogP contribution in [0.2, 0.25) is 0 Å². The van der Waals surface area contributed by atoms with Crippen LogP contribution >= 0.6 is 0 Å². The summed E-state index contributed by atoms with van der Waals surface area (Å²) in [4.78, 5) is 0. The highest BCUT2D eigenvalue weighted by Crippen LogP contribution is 1.85. The van der Waals surface area contributed by atoms with E-state index < -0.39 is 10.1 Å². The fourth-order valence-corrected chi connectivity index (χ4v) is 0.987. The summed E-state index contributed by atoms with van der Waals surface area (Å²) >= 11 is 0. The van der Waals surface area contributed by atoms with E-state index in [1.54, 1.807) is 0 Å². The van der Waals surface area contributed by atoms with Gasteiger partial charge < -0.3 is 11.1 Å². The fourth-order valence-electron chi connectivity index (χ4n) is 0.478. The van der Waals surface area contributed by atoms with Gasteiger partial charge in [0.1, 0.15) is 0 Å². The number of nitrogens with one attached hydrogen (secondary N) is 2. The highest BCUT2D eigenvalue weighted by atomic mass is 32.2. The third kappa shape index (κ3) is 9.18. The number of hydrogen-bond acceptors (Lipinski definition) is 3. The monoisotopic (exact) mass is 181 g/mol. The molecule has 0 saturated carbocycles. The molecule has 0 radical (unpaired) electrons. The van der Waals surface area contributed by atoms with Crippen LogP contribution in [0.5, 0.6) is 0 Å². The van der Waals surface area contributed by atoms with Gasteiger partial charge in [-0.05, 0) is 6.42 Å². The number of guanidine groups is 1. The molecular weight excluding hydrogens is 170 g/mol. The van der Waals surface area contributed by atoms with Crippen molar-refractivity contribution >= 4 is 16.1 Å². The zero-order valence-corrected chi connectivity index (χ0v) is 6.69. The first-order valence-electron chi connectivity index (χ1n) is 2.95. The van der Waals surface area contributed by atoms with Gasteiger partial charge >= 0.3 is 0 Å². The highest BCUT2D eigenvalue weighted by molar-refractivity contribution is 7.85. The molecule has 6 nitrogen and oxygen atoms in total. The van der Waals surface area contributed by atoms with Crippen LogP contribution in [-0.4, -0.2) is 31.2 Å². The summed E-state index contributed by atoms with van der Waals surface area (Å²) in [6.45, 7) is 0.273. The van der Waals surface area contributed by atoms with Gasteiger partial charge in [-0.25, -0.2) is 0 Å². The third-order valence-electron chi connectivity index (χ3n) is 0.895. The lowest BCUT2D eigenvalue weighted by atomic mass is 10.5. The van der Waals surface area contributed by atoms with Crippen LogP contribution in [0.15, 0.2) is 0 Å². The van der Waals surface area contributed by atoms with Gasteiger partial charge in [0, 0.05) is 6.54 Å². The molecule has 0 unspecified atom stereocenters. The van der Waals surface area contributed by atoms with Crippen molar-refractivity contribution in [2.75, 3.05) is 12.3 Å². The molecule has 0 aliphatic rings. The number of hydrogen-bond donors (Lipinski definition) is 4. The molecule has 0 fully saturated rings. The van der Waals surface area contributed by atoms with Gasteiger partial charge in [0.05, 0.1) is 5.75 Å². The Morgan fingerprint density at radius 2 is 2.18 bits per heavy atom. The molecule has 0 aliphatic heterocycles. The van der Waals surface area contributed by atoms with E-state index >= 15 is 0 Å². The molecule has 0 saturated heterocycles. The van der Waals surface area contributed by atoms with E-state index in [0.717, 1.165) is 0 Å². The topological polar surface area (TPSA) is 116 Å². The van der Waals surface area contributed by atoms with Gasteiger partial charge in [0.25, 0.3) is 10.1 Å². The lowest BCUT2D eigenvalue weighted by molar-refractivity contribution is 0.481. The number of nitrogens with two attached hydrogens (primary N) is 1. The molecule has 0 atom stereocenters. The van der Waals surface area contributed by atoms with Gasteiger partial charge in [-0.1, -0.05) is 0 Å². The zero-order chi connectivity index (χ0) is 8.91. The van der Waals surface area contributed by atoms with Crippen molar-refractivity contribution in [3.8, 4) is 0 Å². The summed E-state index contributed by atoms with van der Waals surface area (Å²) in [5.41, 5.74) is 4.90. The number of rotatable bonds is 4. The second kappa shape index (κ2) is 4.14. The highest BCUT2D eigenvalue weighted by Gasteiger charge is 2.02. The summed E-state index contributed by atoms with van der Waals surface area (Å²) in [5, 5.41) is 9.09. The first-order chi connectivity index (χ1) is 4.92. The maximum atomic E-state index is 10.1. The SMILES string of the molecule is N=C(N)NCCCS(=O)(=O)O. The van der Waals surface area contributed by atoms with E-state index in [-0.39, 0.29) is 24.7 Å². The lowest BCUT2D eigenvalue weighted by Gasteiger charge is -2.00. The second-order valence-corrected chi connectivity index (χ2v) is 3.55. The van der Waals surface area contributed by atoms with E-state index in [1.165, 1.54) is 0 Å². The largest absolute Gasteiger partial charge is 0.370 e. The van der Waals surface area contributed by atoms with Gasteiger partial charge in [-0.2, -0.15) is 8.42 Å². The smallest absolute Gasteiger partial charge is 0.264 e. The fraction of sp³-hybridized carbons (Fsp3) is 0.750. The van der Waals surface area contributed by atoms with Crippen LogP contribution < -0.4 is 11.1 Å². The van der Waals surface area contributed by atoms with Gasteiger partial charge in [0.15, 0.2) is 5.96 Å². The Morgan fingerprint density at radius 1 is 1.64 bits per heavy atom. The van der Waals surface area contributed by atoms with Crippen LogP contribution in [0.3, 0.4) is 0 Å². The Kier molecular flexibility index (Phi) is 3.83. The average molecular weight is 181 g/mol. The minimum absolute atomic E-state index is 0.208. The van der Waals surface area contributed by atoms with Crippen molar-refractivity contribution in [3.05, 3.63) is 0 Å². The van der Waals surface area contributed by atoms with Crippen LogP contribution in [0.25, 0.3) is 0 Å². The van der Waals surface area contributed by atoms with Gasteiger partial charge in [0.2, 0.25) is 0 Å². The molecule has 0 aliphatic carbocycles. The lowest BCUT2D eigenvalue weighted by Crippen LogP contribution is -2.31. The Hall–Kier alpha value is -0.820. The third-order valence-corrected chi connectivity index (χ3v) is 1.70. The standard InChI is InChI=1S/C4H11N3O3S/c5-4(6)7-2-1-3-11(8,9)10/h1-3H2,(H4,5,6,7)(H,8,9,10). The van der Waals surface area contributed by atoms with Crippen LogP contribution in [-0.2, 0) is 10.1 Å². The minimum Gasteiger partial charge on any atom is -0.370 e. The molecule has 7 heteroatoms. The Morgan fingerprint density at radius 3 is 2.55 bits per heavy atom. The van der Waals surface area contributed by atoms with Crippen molar-refractivity contribution in [2.24, 2.45) is 5.73 Å². The van der Waals surface area contributed by atoms with Gasteiger partial charge in [-0.3, -0.25) is 9.96 Å². The van der Waals surface area contributed by atoms with Crippen molar-refractivity contribution in [1.82, 2.24) is 5.32 Å². The Labute approximate surface area is 65.0 Å². The molecule has 0 bridgehead atoms. The van der Waals surface area contributed by atoms with Crippen LogP contribution in [0.4, 0.5) is 0 Å². The van der Waals surface area contributed by atoms with Crippen LogP contribution in [0.1, 0.15) is 6.42 Å². The average Bonchev–Trinajstić information content (AvgIpc) is 1.78. The quantitative estimate of drug-likeness (QED) is 0.187. The van der Waals surface area contributed by atoms with Crippen molar-refractivity contribution in [3.63, 3.8) is 0 Å². The minimum atomic E-state index is -3.87. The van der Waals surface area contributed by atoms with E-state index in [9.17, 15) is 8.42 Å². The molecule has 5 N–H and O–H groups in total. The molecule has 66 valence electrons. The summed E-state index contributed by atoms with van der Waals surface area (Å²) in [6.07, 6.45) is 0.235. The van der Waals surface area contributed by atoms with Crippen molar-refractivity contribution < 1.29 is 13.0 Å². The van der Waals surface area contributed by atoms with E-state index in [1.807, 2.05) is 0 Å². The summed E-state index contributed by atoms with van der Waals surface area (Å²) in [5.74, 6) is -0.520.